The Labute approximate surface area is 179 Å². The summed E-state index contributed by atoms with van der Waals surface area (Å²) in [5.41, 5.74) is 1.51. The summed E-state index contributed by atoms with van der Waals surface area (Å²) in [5.74, 6) is -2.25. The van der Waals surface area contributed by atoms with Gasteiger partial charge in [0.15, 0.2) is 0 Å². The van der Waals surface area contributed by atoms with Gasteiger partial charge in [0, 0.05) is 18.1 Å². The minimum Gasteiger partial charge on any atom is -0.508 e. The maximum absolute atomic E-state index is 14.3. The summed E-state index contributed by atoms with van der Waals surface area (Å²) in [6, 6.07) is 20.0. The Kier molecular flexibility index (Phi) is 7.22. The fourth-order valence-electron chi connectivity index (χ4n) is 3.12. The molecule has 0 heterocycles. The zero-order chi connectivity index (χ0) is 22.2. The van der Waals surface area contributed by atoms with Gasteiger partial charge < -0.3 is 14.9 Å². The maximum Gasteiger partial charge on any atom is 0.411 e. The molecule has 0 aliphatic carbocycles. The summed E-state index contributed by atoms with van der Waals surface area (Å²) in [6.45, 7) is -0.380. The number of carboxylic acid groups (broad SMARTS) is 1. The molecule has 1 atom stereocenters. The van der Waals surface area contributed by atoms with Crippen LogP contribution < -0.4 is 0 Å². The summed E-state index contributed by atoms with van der Waals surface area (Å²) >= 11 is 0. The standard InChI is InChI=1S/C24H22FNO5/c25-21-14-20(27)12-11-19(21)15-26(24(30)31-16-18-9-5-2-6-10-18)22(23(28)29)13-17-7-3-1-4-8-17/h1-12,14,22,27H,13,15-16H2,(H,28,29). The van der Waals surface area contributed by atoms with E-state index in [0.29, 0.717) is 5.56 Å². The van der Waals surface area contributed by atoms with Crippen molar-refractivity contribution in [1.82, 2.24) is 4.90 Å². The maximum atomic E-state index is 14.3. The average Bonchev–Trinajstić information content (AvgIpc) is 2.77. The smallest absolute Gasteiger partial charge is 0.411 e. The molecular formula is C24H22FNO5. The van der Waals surface area contributed by atoms with Crippen LogP contribution in [0.15, 0.2) is 78.9 Å². The first-order valence-corrected chi connectivity index (χ1v) is 9.65. The number of aromatic hydroxyl groups is 1. The van der Waals surface area contributed by atoms with Crippen molar-refractivity contribution >= 4 is 12.1 Å². The van der Waals surface area contributed by atoms with Crippen molar-refractivity contribution < 1.29 is 28.9 Å². The number of carbonyl (C=O) groups is 2. The first-order valence-electron chi connectivity index (χ1n) is 9.65. The van der Waals surface area contributed by atoms with Crippen molar-refractivity contribution in [3.63, 3.8) is 0 Å². The van der Waals surface area contributed by atoms with E-state index in [9.17, 15) is 24.2 Å². The Morgan fingerprint density at radius 2 is 1.55 bits per heavy atom. The molecule has 3 aromatic rings. The molecule has 3 rings (SSSR count). The monoisotopic (exact) mass is 423 g/mol. The molecule has 0 aliphatic heterocycles. The molecule has 31 heavy (non-hydrogen) atoms. The Balaban J connectivity index is 1.87. The lowest BCUT2D eigenvalue weighted by Crippen LogP contribution is -2.46. The largest absolute Gasteiger partial charge is 0.508 e. The fraction of sp³-hybridized carbons (Fsp3) is 0.167. The lowest BCUT2D eigenvalue weighted by molar-refractivity contribution is -0.143. The Bertz CT molecular complexity index is 1030. The van der Waals surface area contributed by atoms with Gasteiger partial charge in [-0.25, -0.2) is 14.0 Å². The lowest BCUT2D eigenvalue weighted by atomic mass is 10.0. The minimum atomic E-state index is -1.28. The quantitative estimate of drug-likeness (QED) is 0.562. The minimum absolute atomic E-state index is 0.0241. The number of aliphatic carboxylic acids is 1. The summed E-state index contributed by atoms with van der Waals surface area (Å²) in [7, 11) is 0. The second-order valence-electron chi connectivity index (χ2n) is 6.99. The number of ether oxygens (including phenoxy) is 1. The molecule has 3 aromatic carbocycles. The molecule has 0 saturated carbocycles. The Morgan fingerprint density at radius 3 is 2.13 bits per heavy atom. The number of hydrogen-bond acceptors (Lipinski definition) is 4. The molecule has 1 amide bonds. The summed E-state index contributed by atoms with van der Waals surface area (Å²) < 4.78 is 19.7. The highest BCUT2D eigenvalue weighted by molar-refractivity contribution is 5.80. The van der Waals surface area contributed by atoms with E-state index >= 15 is 0 Å². The number of hydrogen-bond donors (Lipinski definition) is 2. The molecule has 0 spiro atoms. The normalized spacial score (nSPS) is 11.5. The summed E-state index contributed by atoms with van der Waals surface area (Å²) in [6.07, 6.45) is -0.851. The second-order valence-corrected chi connectivity index (χ2v) is 6.99. The summed E-state index contributed by atoms with van der Waals surface area (Å²) in [4.78, 5) is 26.0. The molecule has 0 aliphatic rings. The molecule has 0 saturated heterocycles. The number of phenols is 1. The van der Waals surface area contributed by atoms with Gasteiger partial charge in [0.05, 0.1) is 6.54 Å². The van der Waals surface area contributed by atoms with Crippen LogP contribution in [0, 0.1) is 5.82 Å². The summed E-state index contributed by atoms with van der Waals surface area (Å²) in [5, 5.41) is 19.3. The van der Waals surface area contributed by atoms with Crippen LogP contribution in [0.1, 0.15) is 16.7 Å². The van der Waals surface area contributed by atoms with E-state index in [1.807, 2.05) is 6.07 Å². The zero-order valence-electron chi connectivity index (χ0n) is 16.6. The Morgan fingerprint density at radius 1 is 0.935 bits per heavy atom. The van der Waals surface area contributed by atoms with Gasteiger partial charge in [0.1, 0.15) is 24.2 Å². The number of benzene rings is 3. The van der Waals surface area contributed by atoms with Crippen LogP contribution in [0.25, 0.3) is 0 Å². The van der Waals surface area contributed by atoms with Gasteiger partial charge >= 0.3 is 12.1 Å². The van der Waals surface area contributed by atoms with E-state index in [2.05, 4.69) is 0 Å². The average molecular weight is 423 g/mol. The zero-order valence-corrected chi connectivity index (χ0v) is 16.6. The van der Waals surface area contributed by atoms with Crippen molar-refractivity contribution in [2.24, 2.45) is 0 Å². The number of rotatable bonds is 8. The highest BCUT2D eigenvalue weighted by atomic mass is 19.1. The van der Waals surface area contributed by atoms with E-state index in [1.54, 1.807) is 54.6 Å². The number of carbonyl (C=O) groups excluding carboxylic acids is 1. The van der Waals surface area contributed by atoms with Gasteiger partial charge in [-0.2, -0.15) is 0 Å². The molecule has 0 aromatic heterocycles. The van der Waals surface area contributed by atoms with Crippen LogP contribution in [-0.2, 0) is 29.1 Å². The van der Waals surface area contributed by atoms with Crippen molar-refractivity contribution in [2.75, 3.05) is 0 Å². The number of carboxylic acids is 1. The molecule has 6 nitrogen and oxygen atoms in total. The molecule has 160 valence electrons. The van der Waals surface area contributed by atoms with Crippen molar-refractivity contribution in [3.05, 3.63) is 101 Å². The number of amides is 1. The first-order chi connectivity index (χ1) is 14.9. The third-order valence-electron chi connectivity index (χ3n) is 4.75. The van der Waals surface area contributed by atoms with E-state index in [1.165, 1.54) is 12.1 Å². The Hall–Kier alpha value is -3.87. The van der Waals surface area contributed by atoms with Gasteiger partial charge in [0.25, 0.3) is 0 Å². The van der Waals surface area contributed by atoms with Gasteiger partial charge in [-0.05, 0) is 17.2 Å². The van der Waals surface area contributed by atoms with Crippen molar-refractivity contribution in [3.8, 4) is 5.75 Å². The molecule has 7 heteroatoms. The predicted molar refractivity (Wildman–Crippen MR) is 112 cm³/mol. The fourth-order valence-corrected chi connectivity index (χ4v) is 3.12. The molecule has 0 fully saturated rings. The van der Waals surface area contributed by atoms with Crippen LogP contribution in [0.2, 0.25) is 0 Å². The highest BCUT2D eigenvalue weighted by Crippen LogP contribution is 2.20. The van der Waals surface area contributed by atoms with Crippen LogP contribution in [0.4, 0.5) is 9.18 Å². The topological polar surface area (TPSA) is 87.1 Å². The van der Waals surface area contributed by atoms with Crippen LogP contribution >= 0.6 is 0 Å². The third-order valence-corrected chi connectivity index (χ3v) is 4.75. The number of halogens is 1. The molecule has 2 N–H and O–H groups in total. The molecular weight excluding hydrogens is 401 g/mol. The van der Waals surface area contributed by atoms with Crippen LogP contribution in [0.3, 0.4) is 0 Å². The van der Waals surface area contributed by atoms with Crippen LogP contribution in [0.5, 0.6) is 5.75 Å². The number of nitrogens with zero attached hydrogens (tertiary/aromatic N) is 1. The van der Waals surface area contributed by atoms with E-state index < -0.39 is 23.9 Å². The molecule has 1 unspecified atom stereocenters. The van der Waals surface area contributed by atoms with Gasteiger partial charge in [-0.3, -0.25) is 4.90 Å². The predicted octanol–water partition coefficient (Wildman–Crippen LogP) is 4.37. The lowest BCUT2D eigenvalue weighted by Gasteiger charge is -2.28. The van der Waals surface area contributed by atoms with Gasteiger partial charge in [0.2, 0.25) is 0 Å². The van der Waals surface area contributed by atoms with Crippen molar-refractivity contribution in [1.29, 1.82) is 0 Å². The molecule has 0 radical (unpaired) electrons. The van der Waals surface area contributed by atoms with Crippen molar-refractivity contribution in [2.45, 2.75) is 25.6 Å². The number of phenolic OH excluding ortho intramolecular Hbond substituents is 1. The van der Waals surface area contributed by atoms with E-state index in [-0.39, 0.29) is 30.9 Å². The van der Waals surface area contributed by atoms with Crippen LogP contribution in [-0.4, -0.2) is 33.2 Å². The van der Waals surface area contributed by atoms with E-state index in [0.717, 1.165) is 16.5 Å². The van der Waals surface area contributed by atoms with Gasteiger partial charge in [-0.1, -0.05) is 66.7 Å². The molecule has 0 bridgehead atoms. The van der Waals surface area contributed by atoms with Gasteiger partial charge in [-0.15, -0.1) is 0 Å². The first kappa shape index (κ1) is 21.8. The SMILES string of the molecule is O=C(O)C(Cc1ccccc1)N(Cc1ccc(O)cc1F)C(=O)OCc1ccccc1. The van der Waals surface area contributed by atoms with E-state index in [4.69, 9.17) is 4.74 Å². The third kappa shape index (κ3) is 6.05. The second kappa shape index (κ2) is 10.2. The highest BCUT2D eigenvalue weighted by Gasteiger charge is 2.32.